The number of ether oxygens (including phenoxy) is 1. The van der Waals surface area contributed by atoms with Crippen LogP contribution in [0.2, 0.25) is 0 Å². The molecule has 0 saturated carbocycles. The third kappa shape index (κ3) is 3.42. The minimum Gasteiger partial charge on any atom is -0.493 e. The number of aromatic nitrogens is 4. The third-order valence-corrected chi connectivity index (χ3v) is 4.51. The van der Waals surface area contributed by atoms with Crippen molar-refractivity contribution in [2.24, 2.45) is 5.41 Å². The summed E-state index contributed by atoms with van der Waals surface area (Å²) in [7, 11) is 1.79. The molecule has 3 aromatic rings. The van der Waals surface area contributed by atoms with Crippen LogP contribution in [0.5, 0.6) is 5.75 Å². The van der Waals surface area contributed by atoms with Gasteiger partial charge in [-0.25, -0.2) is 9.97 Å². The molecule has 0 saturated heterocycles. The van der Waals surface area contributed by atoms with Crippen LogP contribution < -0.4 is 20.7 Å². The highest BCUT2D eigenvalue weighted by atomic mass is 16.5. The van der Waals surface area contributed by atoms with Gasteiger partial charge >= 0.3 is 0 Å². The first kappa shape index (κ1) is 18.0. The van der Waals surface area contributed by atoms with E-state index in [1.54, 1.807) is 17.6 Å². The number of aryl methyl sites for hydroxylation is 1. The van der Waals surface area contributed by atoms with Crippen LogP contribution in [0.25, 0.3) is 5.65 Å². The Balaban J connectivity index is 1.87. The van der Waals surface area contributed by atoms with Crippen molar-refractivity contribution in [1.29, 1.82) is 0 Å². The van der Waals surface area contributed by atoms with Crippen molar-refractivity contribution in [3.8, 4) is 5.75 Å². The Morgan fingerprint density at radius 1 is 1.21 bits per heavy atom. The SMILES string of the molecule is CNc1cc2nc3c(cnn13)C(=O)NCC(C)(C)COc1cc(C)nc(c1)N2. The number of hydrogen-bond donors (Lipinski definition) is 3. The van der Waals surface area contributed by atoms with Gasteiger partial charge in [0.05, 0.1) is 12.8 Å². The van der Waals surface area contributed by atoms with Crippen LogP contribution >= 0.6 is 0 Å². The number of pyridine rings is 1. The van der Waals surface area contributed by atoms with Crippen molar-refractivity contribution < 1.29 is 9.53 Å². The number of rotatable bonds is 1. The largest absolute Gasteiger partial charge is 0.493 e. The quantitative estimate of drug-likeness (QED) is 0.594. The fraction of sp³-hybridized carbons (Fsp3) is 0.368. The molecule has 0 aliphatic carbocycles. The molecule has 4 rings (SSSR count). The number of amides is 1. The Hall–Kier alpha value is -3.36. The van der Waals surface area contributed by atoms with Gasteiger partial charge in [0.15, 0.2) is 5.65 Å². The van der Waals surface area contributed by atoms with E-state index in [0.29, 0.717) is 47.6 Å². The molecule has 0 spiro atoms. The molecule has 0 radical (unpaired) electrons. The monoisotopic (exact) mass is 381 g/mol. The second kappa shape index (κ2) is 6.66. The maximum absolute atomic E-state index is 12.8. The lowest BCUT2D eigenvalue weighted by Crippen LogP contribution is -2.37. The minimum absolute atomic E-state index is 0.223. The maximum Gasteiger partial charge on any atom is 0.256 e. The molecule has 4 heterocycles. The van der Waals surface area contributed by atoms with Crippen LogP contribution in [0.1, 0.15) is 29.9 Å². The van der Waals surface area contributed by atoms with Crippen LogP contribution in [0, 0.1) is 12.3 Å². The van der Waals surface area contributed by atoms with E-state index in [-0.39, 0.29) is 11.3 Å². The highest BCUT2D eigenvalue weighted by Crippen LogP contribution is 2.26. The smallest absolute Gasteiger partial charge is 0.256 e. The fourth-order valence-corrected chi connectivity index (χ4v) is 3.03. The molecular formula is C19H23N7O2. The summed E-state index contributed by atoms with van der Waals surface area (Å²) in [5.74, 6) is 2.36. The highest BCUT2D eigenvalue weighted by Gasteiger charge is 2.23. The molecule has 146 valence electrons. The number of nitrogens with one attached hydrogen (secondary N) is 3. The third-order valence-electron chi connectivity index (χ3n) is 4.51. The van der Waals surface area contributed by atoms with E-state index < -0.39 is 0 Å². The summed E-state index contributed by atoms with van der Waals surface area (Å²) in [5.41, 5.74) is 1.44. The Kier molecular flexibility index (Phi) is 4.29. The molecular weight excluding hydrogens is 358 g/mol. The number of fused-ring (bicyclic) bond motifs is 3. The Bertz CT molecular complexity index is 1060. The van der Waals surface area contributed by atoms with Crippen molar-refractivity contribution in [3.05, 3.63) is 35.7 Å². The predicted octanol–water partition coefficient (Wildman–Crippen LogP) is 2.37. The van der Waals surface area contributed by atoms with E-state index in [1.165, 1.54) is 6.20 Å². The summed E-state index contributed by atoms with van der Waals surface area (Å²) in [4.78, 5) is 21.9. The molecule has 28 heavy (non-hydrogen) atoms. The van der Waals surface area contributed by atoms with E-state index in [2.05, 4.69) is 31.0 Å². The van der Waals surface area contributed by atoms with E-state index in [4.69, 9.17) is 4.74 Å². The van der Waals surface area contributed by atoms with Crippen LogP contribution in [0.3, 0.4) is 0 Å². The zero-order chi connectivity index (χ0) is 19.9. The summed E-state index contributed by atoms with van der Waals surface area (Å²) < 4.78 is 7.59. The molecule has 1 aliphatic heterocycles. The first-order chi connectivity index (χ1) is 13.3. The van der Waals surface area contributed by atoms with Crippen LogP contribution in [0.4, 0.5) is 17.5 Å². The van der Waals surface area contributed by atoms with Gasteiger partial charge in [-0.1, -0.05) is 13.8 Å². The van der Waals surface area contributed by atoms with Crippen LogP contribution in [0.15, 0.2) is 24.4 Å². The summed E-state index contributed by atoms with van der Waals surface area (Å²) in [6, 6.07) is 5.54. The average molecular weight is 381 g/mol. The molecule has 0 atom stereocenters. The zero-order valence-corrected chi connectivity index (χ0v) is 16.3. The number of anilines is 3. The maximum atomic E-state index is 12.8. The number of carbonyl (C=O) groups is 1. The zero-order valence-electron chi connectivity index (χ0n) is 16.3. The fourth-order valence-electron chi connectivity index (χ4n) is 3.03. The lowest BCUT2D eigenvalue weighted by molar-refractivity contribution is 0.0920. The summed E-state index contributed by atoms with van der Waals surface area (Å²) in [6.45, 7) is 6.90. The lowest BCUT2D eigenvalue weighted by atomic mass is 9.94. The van der Waals surface area contributed by atoms with Gasteiger partial charge in [0.25, 0.3) is 5.91 Å². The van der Waals surface area contributed by atoms with Crippen molar-refractivity contribution in [2.75, 3.05) is 30.8 Å². The molecule has 1 amide bonds. The van der Waals surface area contributed by atoms with Crippen molar-refractivity contribution in [2.45, 2.75) is 20.8 Å². The first-order valence-corrected chi connectivity index (χ1v) is 9.08. The molecule has 9 heteroatoms. The second-order valence-corrected chi connectivity index (χ2v) is 7.66. The van der Waals surface area contributed by atoms with Crippen molar-refractivity contribution >= 4 is 29.0 Å². The Labute approximate surface area is 162 Å². The molecule has 0 aromatic carbocycles. The molecule has 0 fully saturated rings. The van der Waals surface area contributed by atoms with Gasteiger partial charge in [-0.05, 0) is 6.92 Å². The number of hydrogen-bond acceptors (Lipinski definition) is 7. The molecule has 1 aliphatic rings. The Morgan fingerprint density at radius 3 is 2.79 bits per heavy atom. The van der Waals surface area contributed by atoms with E-state index in [9.17, 15) is 4.79 Å². The average Bonchev–Trinajstić information content (AvgIpc) is 3.07. The van der Waals surface area contributed by atoms with E-state index >= 15 is 0 Å². The van der Waals surface area contributed by atoms with Crippen molar-refractivity contribution in [3.63, 3.8) is 0 Å². The van der Waals surface area contributed by atoms with Gasteiger partial charge in [-0.3, -0.25) is 4.79 Å². The number of carbonyl (C=O) groups excluding carboxylic acids is 1. The van der Waals surface area contributed by atoms with Crippen LogP contribution in [-0.2, 0) is 0 Å². The predicted molar refractivity (Wildman–Crippen MR) is 106 cm³/mol. The van der Waals surface area contributed by atoms with E-state index in [1.807, 2.05) is 32.9 Å². The van der Waals surface area contributed by atoms with Crippen LogP contribution in [-0.4, -0.2) is 45.7 Å². The lowest BCUT2D eigenvalue weighted by Gasteiger charge is -2.25. The van der Waals surface area contributed by atoms with Gasteiger partial charge in [0.2, 0.25) is 0 Å². The van der Waals surface area contributed by atoms with Gasteiger partial charge in [-0.2, -0.15) is 9.61 Å². The Morgan fingerprint density at radius 2 is 2.00 bits per heavy atom. The molecule has 3 N–H and O–H groups in total. The normalized spacial score (nSPS) is 16.1. The molecule has 9 nitrogen and oxygen atoms in total. The van der Waals surface area contributed by atoms with Gasteiger partial charge < -0.3 is 20.7 Å². The molecule has 4 bridgehead atoms. The molecule has 3 aromatic heterocycles. The second-order valence-electron chi connectivity index (χ2n) is 7.66. The van der Waals surface area contributed by atoms with Gasteiger partial charge in [-0.15, -0.1) is 0 Å². The summed E-state index contributed by atoms with van der Waals surface area (Å²) in [5, 5.41) is 13.6. The standard InChI is InChI=1S/C19H23N7O2/c1-11-5-12-6-14(23-11)24-15-7-16(20-4)26-17(25-15)13(8-22-26)18(27)21-9-19(2,3)10-28-12/h5-8,20H,9-10H2,1-4H3,(H,21,27)(H,23,24,25). The summed E-state index contributed by atoms with van der Waals surface area (Å²) in [6.07, 6.45) is 1.53. The number of nitrogens with zero attached hydrogens (tertiary/aromatic N) is 4. The highest BCUT2D eigenvalue weighted by molar-refractivity contribution is 6.00. The molecule has 0 unspecified atom stereocenters. The van der Waals surface area contributed by atoms with E-state index in [0.717, 1.165) is 5.69 Å². The van der Waals surface area contributed by atoms with Crippen molar-refractivity contribution in [1.82, 2.24) is 24.9 Å². The topological polar surface area (TPSA) is 105 Å². The summed E-state index contributed by atoms with van der Waals surface area (Å²) >= 11 is 0. The minimum atomic E-state index is -0.262. The van der Waals surface area contributed by atoms with Gasteiger partial charge in [0, 0.05) is 42.9 Å². The first-order valence-electron chi connectivity index (χ1n) is 9.08. The van der Waals surface area contributed by atoms with Gasteiger partial charge in [0.1, 0.15) is 28.8 Å².